The van der Waals surface area contributed by atoms with Crippen LogP contribution in [0.25, 0.3) is 0 Å². The van der Waals surface area contributed by atoms with Crippen LogP contribution in [0.4, 0.5) is 0 Å². The molecule has 0 saturated heterocycles. The highest BCUT2D eigenvalue weighted by molar-refractivity contribution is 7.98. The standard InChI is InChI=1S/C14H19NO3S/c1-10(2)15(9-13(16)18-3)14(17)11-5-7-12(19-4)8-6-11/h5-8,10H,9H2,1-4H3. The Bertz CT molecular complexity index is 443. The maximum absolute atomic E-state index is 12.3. The average molecular weight is 281 g/mol. The summed E-state index contributed by atoms with van der Waals surface area (Å²) in [6.45, 7) is 3.71. The number of hydrogen-bond donors (Lipinski definition) is 0. The lowest BCUT2D eigenvalue weighted by molar-refractivity contribution is -0.141. The highest BCUT2D eigenvalue weighted by Gasteiger charge is 2.21. The molecule has 1 amide bonds. The number of amides is 1. The van der Waals surface area contributed by atoms with E-state index in [1.807, 2.05) is 32.2 Å². The van der Waals surface area contributed by atoms with Gasteiger partial charge in [0.05, 0.1) is 7.11 Å². The van der Waals surface area contributed by atoms with Gasteiger partial charge in [0.15, 0.2) is 0 Å². The van der Waals surface area contributed by atoms with Gasteiger partial charge in [0.25, 0.3) is 5.91 Å². The van der Waals surface area contributed by atoms with Crippen molar-refractivity contribution in [2.24, 2.45) is 0 Å². The molecule has 0 aromatic heterocycles. The maximum Gasteiger partial charge on any atom is 0.325 e. The lowest BCUT2D eigenvalue weighted by atomic mass is 10.1. The summed E-state index contributed by atoms with van der Waals surface area (Å²) in [5, 5.41) is 0. The van der Waals surface area contributed by atoms with Crippen molar-refractivity contribution < 1.29 is 14.3 Å². The zero-order valence-corrected chi connectivity index (χ0v) is 12.5. The molecule has 1 rings (SSSR count). The summed E-state index contributed by atoms with van der Waals surface area (Å²) in [6, 6.07) is 7.29. The van der Waals surface area contributed by atoms with Crippen LogP contribution < -0.4 is 0 Å². The minimum Gasteiger partial charge on any atom is -0.468 e. The Hall–Kier alpha value is -1.49. The topological polar surface area (TPSA) is 46.6 Å². The van der Waals surface area contributed by atoms with Crippen molar-refractivity contribution in [1.29, 1.82) is 0 Å². The lowest BCUT2D eigenvalue weighted by Crippen LogP contribution is -2.41. The fourth-order valence-electron chi connectivity index (χ4n) is 1.59. The lowest BCUT2D eigenvalue weighted by Gasteiger charge is -2.25. The summed E-state index contributed by atoms with van der Waals surface area (Å²) in [7, 11) is 1.32. The number of ether oxygens (including phenoxy) is 1. The van der Waals surface area contributed by atoms with Gasteiger partial charge in [-0.25, -0.2) is 0 Å². The predicted octanol–water partition coefficient (Wildman–Crippen LogP) is 2.43. The molecule has 104 valence electrons. The normalized spacial score (nSPS) is 10.4. The van der Waals surface area contributed by atoms with Crippen LogP contribution in [0.15, 0.2) is 29.2 Å². The van der Waals surface area contributed by atoms with E-state index in [9.17, 15) is 9.59 Å². The van der Waals surface area contributed by atoms with Crippen LogP contribution in [0.5, 0.6) is 0 Å². The summed E-state index contributed by atoms with van der Waals surface area (Å²) in [5.74, 6) is -0.573. The zero-order valence-electron chi connectivity index (χ0n) is 11.7. The van der Waals surface area contributed by atoms with E-state index in [-0.39, 0.29) is 18.5 Å². The first-order valence-electron chi connectivity index (χ1n) is 6.01. The van der Waals surface area contributed by atoms with Crippen LogP contribution in [0.1, 0.15) is 24.2 Å². The van der Waals surface area contributed by atoms with Crippen molar-refractivity contribution in [2.75, 3.05) is 19.9 Å². The molecule has 0 atom stereocenters. The highest BCUT2D eigenvalue weighted by Crippen LogP contribution is 2.16. The quantitative estimate of drug-likeness (QED) is 0.614. The number of nitrogens with zero attached hydrogens (tertiary/aromatic N) is 1. The van der Waals surface area contributed by atoms with E-state index in [0.29, 0.717) is 5.56 Å². The Morgan fingerprint density at radius 2 is 1.84 bits per heavy atom. The number of benzene rings is 1. The molecule has 4 nitrogen and oxygen atoms in total. The molecular weight excluding hydrogens is 262 g/mol. The Kier molecular flexibility index (Phi) is 5.89. The summed E-state index contributed by atoms with van der Waals surface area (Å²) >= 11 is 1.62. The fourth-order valence-corrected chi connectivity index (χ4v) is 2.00. The Morgan fingerprint density at radius 1 is 1.26 bits per heavy atom. The summed E-state index contributed by atoms with van der Waals surface area (Å²) in [5.41, 5.74) is 0.579. The maximum atomic E-state index is 12.3. The molecule has 0 aliphatic heterocycles. The number of methoxy groups -OCH3 is 1. The molecule has 1 aromatic rings. The molecule has 0 aliphatic carbocycles. The second-order valence-electron chi connectivity index (χ2n) is 4.33. The minimum absolute atomic E-state index is 0.0305. The number of carbonyl (C=O) groups is 2. The highest BCUT2D eigenvalue weighted by atomic mass is 32.2. The molecule has 19 heavy (non-hydrogen) atoms. The van der Waals surface area contributed by atoms with Gasteiger partial charge in [0.1, 0.15) is 6.54 Å². The molecule has 0 radical (unpaired) electrons. The predicted molar refractivity (Wildman–Crippen MR) is 76.4 cm³/mol. The van der Waals surface area contributed by atoms with Crippen molar-refractivity contribution >= 4 is 23.6 Å². The van der Waals surface area contributed by atoms with Gasteiger partial charge < -0.3 is 9.64 Å². The van der Waals surface area contributed by atoms with E-state index in [1.54, 1.807) is 23.9 Å². The molecule has 0 N–H and O–H groups in total. The molecule has 0 spiro atoms. The van der Waals surface area contributed by atoms with E-state index in [1.165, 1.54) is 12.0 Å². The number of hydrogen-bond acceptors (Lipinski definition) is 4. The van der Waals surface area contributed by atoms with Gasteiger partial charge in [-0.05, 0) is 44.4 Å². The largest absolute Gasteiger partial charge is 0.468 e. The SMILES string of the molecule is COC(=O)CN(C(=O)c1ccc(SC)cc1)C(C)C. The molecule has 0 fully saturated rings. The number of esters is 1. The smallest absolute Gasteiger partial charge is 0.325 e. The summed E-state index contributed by atoms with van der Waals surface area (Å²) in [4.78, 5) is 26.3. The van der Waals surface area contributed by atoms with Gasteiger partial charge in [-0.1, -0.05) is 0 Å². The van der Waals surface area contributed by atoms with Gasteiger partial charge in [0.2, 0.25) is 0 Å². The van der Waals surface area contributed by atoms with Crippen LogP contribution in [-0.2, 0) is 9.53 Å². The minimum atomic E-state index is -0.414. The number of thioether (sulfide) groups is 1. The van der Waals surface area contributed by atoms with Crippen molar-refractivity contribution in [3.05, 3.63) is 29.8 Å². The first-order chi connectivity index (χ1) is 8.99. The molecule has 0 heterocycles. The van der Waals surface area contributed by atoms with Gasteiger partial charge in [-0.2, -0.15) is 0 Å². The molecule has 5 heteroatoms. The molecule has 0 bridgehead atoms. The van der Waals surface area contributed by atoms with E-state index in [4.69, 9.17) is 0 Å². The van der Waals surface area contributed by atoms with E-state index in [2.05, 4.69) is 4.74 Å². The zero-order chi connectivity index (χ0) is 14.4. The van der Waals surface area contributed by atoms with Crippen LogP contribution in [0, 0.1) is 0 Å². The van der Waals surface area contributed by atoms with E-state index < -0.39 is 5.97 Å². The summed E-state index contributed by atoms with van der Waals surface area (Å²) in [6.07, 6.45) is 1.98. The number of rotatable bonds is 5. The Morgan fingerprint density at radius 3 is 2.26 bits per heavy atom. The second-order valence-corrected chi connectivity index (χ2v) is 5.21. The average Bonchev–Trinajstić information content (AvgIpc) is 2.43. The van der Waals surface area contributed by atoms with Crippen molar-refractivity contribution in [3.63, 3.8) is 0 Å². The molecular formula is C14H19NO3S. The van der Waals surface area contributed by atoms with Gasteiger partial charge in [-0.15, -0.1) is 11.8 Å². The molecule has 0 unspecified atom stereocenters. The molecule has 0 aliphatic rings. The second kappa shape index (κ2) is 7.19. The van der Waals surface area contributed by atoms with Crippen LogP contribution in [0.2, 0.25) is 0 Å². The van der Waals surface area contributed by atoms with E-state index >= 15 is 0 Å². The Balaban J connectivity index is 2.89. The van der Waals surface area contributed by atoms with E-state index in [0.717, 1.165) is 4.90 Å². The third kappa shape index (κ3) is 4.28. The molecule has 1 aromatic carbocycles. The number of carbonyl (C=O) groups excluding carboxylic acids is 2. The monoisotopic (exact) mass is 281 g/mol. The van der Waals surface area contributed by atoms with Gasteiger partial charge >= 0.3 is 5.97 Å². The first-order valence-corrected chi connectivity index (χ1v) is 7.24. The van der Waals surface area contributed by atoms with Crippen molar-refractivity contribution in [3.8, 4) is 0 Å². The summed E-state index contributed by atoms with van der Waals surface area (Å²) < 4.78 is 4.62. The van der Waals surface area contributed by atoms with Crippen LogP contribution in [0.3, 0.4) is 0 Å². The fraction of sp³-hybridized carbons (Fsp3) is 0.429. The van der Waals surface area contributed by atoms with Gasteiger partial charge in [0, 0.05) is 16.5 Å². The molecule has 0 saturated carbocycles. The first kappa shape index (κ1) is 15.6. The third-order valence-corrected chi connectivity index (χ3v) is 3.49. The van der Waals surface area contributed by atoms with Crippen LogP contribution >= 0.6 is 11.8 Å². The van der Waals surface area contributed by atoms with Gasteiger partial charge in [-0.3, -0.25) is 9.59 Å². The Labute approximate surface area is 118 Å². The third-order valence-electron chi connectivity index (χ3n) is 2.75. The van der Waals surface area contributed by atoms with Crippen molar-refractivity contribution in [1.82, 2.24) is 4.90 Å². The van der Waals surface area contributed by atoms with Crippen LogP contribution in [-0.4, -0.2) is 42.7 Å². The van der Waals surface area contributed by atoms with Crippen molar-refractivity contribution in [2.45, 2.75) is 24.8 Å².